The van der Waals surface area contributed by atoms with Crippen molar-refractivity contribution in [3.8, 4) is 17.2 Å². The van der Waals surface area contributed by atoms with Crippen molar-refractivity contribution in [2.45, 2.75) is 12.6 Å². The average molecular weight is 257 g/mol. The number of rotatable bonds is 4. The number of nitrogens with two attached hydrogens (primary N) is 2. The van der Waals surface area contributed by atoms with Gasteiger partial charge in [-0.15, -0.1) is 0 Å². The molecule has 0 radical (unpaired) electrons. The standard InChI is InChI=1S/C10H15N3O5/c11-6(4-14)10(18)13(12)3-5-1-2-7(15)9(17)8(5)16/h1-2,6,14-17H,3-4,11-12H2/t6-/m0/s1. The molecule has 0 aromatic heterocycles. The van der Waals surface area contributed by atoms with Crippen molar-refractivity contribution in [2.75, 3.05) is 6.61 Å². The molecule has 1 aromatic carbocycles. The number of amides is 1. The molecule has 100 valence electrons. The van der Waals surface area contributed by atoms with E-state index in [2.05, 4.69) is 0 Å². The first-order chi connectivity index (χ1) is 8.38. The number of carbonyl (C=O) groups is 1. The molecule has 8 heteroatoms. The Kier molecular flexibility index (Phi) is 4.32. The number of hydrogen-bond acceptors (Lipinski definition) is 7. The Labute approximate surface area is 103 Å². The first kappa shape index (κ1) is 14.0. The van der Waals surface area contributed by atoms with E-state index < -0.39 is 35.8 Å². The molecule has 0 heterocycles. The Morgan fingerprint density at radius 1 is 1.28 bits per heavy atom. The summed E-state index contributed by atoms with van der Waals surface area (Å²) in [7, 11) is 0. The lowest BCUT2D eigenvalue weighted by atomic mass is 10.1. The van der Waals surface area contributed by atoms with Crippen molar-refractivity contribution in [2.24, 2.45) is 11.6 Å². The maximum absolute atomic E-state index is 11.5. The number of aromatic hydroxyl groups is 3. The minimum atomic E-state index is -1.15. The minimum absolute atomic E-state index is 0.131. The van der Waals surface area contributed by atoms with Crippen molar-refractivity contribution in [3.05, 3.63) is 17.7 Å². The zero-order chi connectivity index (χ0) is 13.9. The molecule has 8 N–H and O–H groups in total. The van der Waals surface area contributed by atoms with Crippen LogP contribution >= 0.6 is 0 Å². The molecule has 0 fully saturated rings. The normalized spacial score (nSPS) is 12.2. The van der Waals surface area contributed by atoms with E-state index in [1.54, 1.807) is 0 Å². The van der Waals surface area contributed by atoms with Crippen LogP contribution in [0.1, 0.15) is 5.56 Å². The number of aliphatic hydroxyl groups is 1. The van der Waals surface area contributed by atoms with E-state index in [1.807, 2.05) is 0 Å². The minimum Gasteiger partial charge on any atom is -0.504 e. The highest BCUT2D eigenvalue weighted by Crippen LogP contribution is 2.37. The number of hydrogen-bond donors (Lipinski definition) is 6. The van der Waals surface area contributed by atoms with Crippen LogP contribution in [0.15, 0.2) is 12.1 Å². The van der Waals surface area contributed by atoms with Crippen LogP contribution in [0.2, 0.25) is 0 Å². The first-order valence-electron chi connectivity index (χ1n) is 5.03. The van der Waals surface area contributed by atoms with E-state index in [0.717, 1.165) is 6.07 Å². The van der Waals surface area contributed by atoms with Gasteiger partial charge in [0.1, 0.15) is 6.04 Å². The van der Waals surface area contributed by atoms with Crippen LogP contribution in [0.25, 0.3) is 0 Å². The van der Waals surface area contributed by atoms with Gasteiger partial charge in [-0.25, -0.2) is 5.84 Å². The van der Waals surface area contributed by atoms with Crippen LogP contribution in [0.4, 0.5) is 0 Å². The summed E-state index contributed by atoms with van der Waals surface area (Å²) in [6.45, 7) is -0.786. The monoisotopic (exact) mass is 257 g/mol. The smallest absolute Gasteiger partial charge is 0.256 e. The summed E-state index contributed by atoms with van der Waals surface area (Å²) in [6, 6.07) is 1.29. The Hall–Kier alpha value is -2.03. The zero-order valence-electron chi connectivity index (χ0n) is 9.45. The molecule has 0 saturated carbocycles. The average Bonchev–Trinajstić information content (AvgIpc) is 2.37. The van der Waals surface area contributed by atoms with Crippen molar-refractivity contribution in [1.29, 1.82) is 0 Å². The van der Waals surface area contributed by atoms with Gasteiger partial charge in [-0.3, -0.25) is 9.80 Å². The number of carbonyl (C=O) groups excluding carboxylic acids is 1. The molecule has 1 aromatic rings. The van der Waals surface area contributed by atoms with E-state index in [-0.39, 0.29) is 12.1 Å². The van der Waals surface area contributed by atoms with Gasteiger partial charge in [0.2, 0.25) is 5.75 Å². The van der Waals surface area contributed by atoms with Crippen molar-refractivity contribution >= 4 is 5.91 Å². The third-order valence-corrected chi connectivity index (χ3v) is 2.35. The highest BCUT2D eigenvalue weighted by molar-refractivity contribution is 5.81. The fourth-order valence-electron chi connectivity index (χ4n) is 1.29. The number of nitrogens with zero attached hydrogens (tertiary/aromatic N) is 1. The summed E-state index contributed by atoms with van der Waals surface area (Å²) in [4.78, 5) is 11.5. The van der Waals surface area contributed by atoms with E-state index in [1.165, 1.54) is 6.07 Å². The summed E-state index contributed by atoms with van der Waals surface area (Å²) in [5, 5.41) is 37.3. The SMILES string of the molecule is N[C@@H](CO)C(=O)N(N)Cc1ccc(O)c(O)c1O. The second-order valence-corrected chi connectivity index (χ2v) is 3.70. The van der Waals surface area contributed by atoms with Gasteiger partial charge in [-0.05, 0) is 12.1 Å². The lowest BCUT2D eigenvalue weighted by Gasteiger charge is -2.20. The molecule has 0 aliphatic carbocycles. The second kappa shape index (κ2) is 5.54. The van der Waals surface area contributed by atoms with Gasteiger partial charge in [0.05, 0.1) is 13.2 Å². The molecule has 18 heavy (non-hydrogen) atoms. The molecular formula is C10H15N3O5. The number of hydrazine groups is 1. The van der Waals surface area contributed by atoms with Gasteiger partial charge in [-0.1, -0.05) is 0 Å². The molecular weight excluding hydrogens is 242 g/mol. The van der Waals surface area contributed by atoms with Crippen LogP contribution in [0.5, 0.6) is 17.2 Å². The molecule has 0 unspecified atom stereocenters. The summed E-state index contributed by atoms with van der Waals surface area (Å²) >= 11 is 0. The molecule has 0 bridgehead atoms. The lowest BCUT2D eigenvalue weighted by molar-refractivity contribution is -0.134. The number of phenols is 3. The van der Waals surface area contributed by atoms with Gasteiger partial charge in [0.25, 0.3) is 5.91 Å². The molecule has 1 amide bonds. The van der Waals surface area contributed by atoms with E-state index in [9.17, 15) is 15.0 Å². The molecule has 0 saturated heterocycles. The van der Waals surface area contributed by atoms with Crippen LogP contribution in [-0.4, -0.2) is 44.0 Å². The van der Waals surface area contributed by atoms with Crippen LogP contribution in [0.3, 0.4) is 0 Å². The first-order valence-corrected chi connectivity index (χ1v) is 5.03. The maximum Gasteiger partial charge on any atom is 0.256 e. The number of aliphatic hydroxyl groups excluding tert-OH is 1. The molecule has 0 spiro atoms. The number of benzene rings is 1. The molecule has 0 aliphatic heterocycles. The van der Waals surface area contributed by atoms with Crippen molar-refractivity contribution in [1.82, 2.24) is 5.01 Å². The van der Waals surface area contributed by atoms with Crippen molar-refractivity contribution in [3.63, 3.8) is 0 Å². The molecule has 0 aliphatic rings. The van der Waals surface area contributed by atoms with E-state index in [0.29, 0.717) is 5.01 Å². The van der Waals surface area contributed by atoms with Gasteiger partial charge in [0.15, 0.2) is 11.5 Å². The fourth-order valence-corrected chi connectivity index (χ4v) is 1.29. The Morgan fingerprint density at radius 2 is 1.89 bits per heavy atom. The summed E-state index contributed by atoms with van der Waals surface area (Å²) < 4.78 is 0. The van der Waals surface area contributed by atoms with Gasteiger partial charge in [-0.2, -0.15) is 0 Å². The molecule has 1 rings (SSSR count). The summed E-state index contributed by atoms with van der Waals surface area (Å²) in [6.07, 6.45) is 0. The Morgan fingerprint density at radius 3 is 2.44 bits per heavy atom. The van der Waals surface area contributed by atoms with E-state index in [4.69, 9.17) is 21.8 Å². The highest BCUT2D eigenvalue weighted by atomic mass is 16.3. The predicted molar refractivity (Wildman–Crippen MR) is 61.2 cm³/mol. The fraction of sp³-hybridized carbons (Fsp3) is 0.300. The Bertz CT molecular complexity index is 451. The number of phenolic OH excluding ortho intramolecular Hbond substituents is 3. The van der Waals surface area contributed by atoms with Gasteiger partial charge < -0.3 is 26.2 Å². The third kappa shape index (κ3) is 2.80. The van der Waals surface area contributed by atoms with Crippen LogP contribution in [0, 0.1) is 0 Å². The van der Waals surface area contributed by atoms with E-state index >= 15 is 0 Å². The summed E-state index contributed by atoms with van der Waals surface area (Å²) in [5.41, 5.74) is 5.42. The van der Waals surface area contributed by atoms with Crippen LogP contribution in [-0.2, 0) is 11.3 Å². The lowest BCUT2D eigenvalue weighted by Crippen LogP contribution is -2.48. The summed E-state index contributed by atoms with van der Waals surface area (Å²) in [5.74, 6) is 2.95. The zero-order valence-corrected chi connectivity index (χ0v) is 9.45. The quantitative estimate of drug-likeness (QED) is 0.163. The Balaban J connectivity index is 2.86. The highest BCUT2D eigenvalue weighted by Gasteiger charge is 2.20. The van der Waals surface area contributed by atoms with Crippen LogP contribution < -0.4 is 11.6 Å². The second-order valence-electron chi connectivity index (χ2n) is 3.70. The predicted octanol–water partition coefficient (Wildman–Crippen LogP) is -1.67. The van der Waals surface area contributed by atoms with Crippen molar-refractivity contribution < 1.29 is 25.2 Å². The van der Waals surface area contributed by atoms with Gasteiger partial charge >= 0.3 is 0 Å². The molecule has 8 nitrogen and oxygen atoms in total. The largest absolute Gasteiger partial charge is 0.504 e. The maximum atomic E-state index is 11.5. The molecule has 1 atom stereocenters. The third-order valence-electron chi connectivity index (χ3n) is 2.35. The topological polar surface area (TPSA) is 153 Å². The van der Waals surface area contributed by atoms with Gasteiger partial charge in [0, 0.05) is 5.56 Å².